The molecule has 0 saturated heterocycles. The lowest BCUT2D eigenvalue weighted by molar-refractivity contribution is 0.415. The van der Waals surface area contributed by atoms with Gasteiger partial charge in [0.05, 0.1) is 12.8 Å². The molecule has 0 amide bonds. The Kier molecular flexibility index (Phi) is 3.63. The van der Waals surface area contributed by atoms with E-state index in [2.05, 4.69) is 4.98 Å². The molecule has 1 aromatic carbocycles. The van der Waals surface area contributed by atoms with Gasteiger partial charge in [0.15, 0.2) is 0 Å². The van der Waals surface area contributed by atoms with Crippen LogP contribution in [0.3, 0.4) is 0 Å². The minimum absolute atomic E-state index is 0.0110. The van der Waals surface area contributed by atoms with Gasteiger partial charge in [0, 0.05) is 17.3 Å². The van der Waals surface area contributed by atoms with Gasteiger partial charge < -0.3 is 10.5 Å². The maximum absolute atomic E-state index is 5.89. The van der Waals surface area contributed by atoms with Crippen molar-refractivity contribution >= 4 is 0 Å². The van der Waals surface area contributed by atoms with Gasteiger partial charge in [-0.3, -0.25) is 4.98 Å². The maximum atomic E-state index is 5.89. The summed E-state index contributed by atoms with van der Waals surface area (Å²) in [6, 6.07) is 11.9. The molecule has 1 aromatic heterocycles. The van der Waals surface area contributed by atoms with Gasteiger partial charge in [-0.1, -0.05) is 18.2 Å². The van der Waals surface area contributed by atoms with Gasteiger partial charge in [-0.25, -0.2) is 0 Å². The predicted octanol–water partition coefficient (Wildman–Crippen LogP) is 3.09. The van der Waals surface area contributed by atoms with Crippen molar-refractivity contribution in [2.45, 2.75) is 19.9 Å². The topological polar surface area (TPSA) is 48.1 Å². The van der Waals surface area contributed by atoms with E-state index in [1.54, 1.807) is 7.11 Å². The zero-order chi connectivity index (χ0) is 13.1. The number of hydrogen-bond donors (Lipinski definition) is 1. The number of aryl methyl sites for hydroxylation is 1. The molecule has 0 aliphatic heterocycles. The van der Waals surface area contributed by atoms with Crippen molar-refractivity contribution in [1.82, 2.24) is 4.98 Å². The second-order valence-electron chi connectivity index (χ2n) is 4.39. The van der Waals surface area contributed by atoms with E-state index in [-0.39, 0.29) is 6.04 Å². The first-order valence-corrected chi connectivity index (χ1v) is 5.99. The molecule has 0 fully saturated rings. The number of pyridine rings is 1. The molecular formula is C15H18N2O. The molecule has 2 N–H and O–H groups in total. The van der Waals surface area contributed by atoms with Crippen molar-refractivity contribution in [2.24, 2.45) is 5.73 Å². The number of rotatable bonds is 3. The number of nitrogens with zero attached hydrogens (tertiary/aromatic N) is 1. The van der Waals surface area contributed by atoms with Crippen LogP contribution in [0.2, 0.25) is 0 Å². The van der Waals surface area contributed by atoms with Gasteiger partial charge in [-0.2, -0.15) is 0 Å². The van der Waals surface area contributed by atoms with Crippen molar-refractivity contribution in [3.63, 3.8) is 0 Å². The Morgan fingerprint density at radius 2 is 2.00 bits per heavy atom. The second kappa shape index (κ2) is 5.19. The van der Waals surface area contributed by atoms with E-state index < -0.39 is 0 Å². The van der Waals surface area contributed by atoms with Crippen molar-refractivity contribution in [2.75, 3.05) is 7.11 Å². The van der Waals surface area contributed by atoms with Crippen LogP contribution in [0.5, 0.6) is 5.75 Å². The van der Waals surface area contributed by atoms with E-state index in [1.807, 2.05) is 50.2 Å². The van der Waals surface area contributed by atoms with Gasteiger partial charge in [0.2, 0.25) is 0 Å². The first kappa shape index (κ1) is 12.6. The molecule has 2 aromatic rings. The Hall–Kier alpha value is -1.87. The van der Waals surface area contributed by atoms with E-state index in [0.717, 1.165) is 28.3 Å². The van der Waals surface area contributed by atoms with Gasteiger partial charge in [-0.05, 0) is 37.6 Å². The van der Waals surface area contributed by atoms with Crippen molar-refractivity contribution < 1.29 is 4.74 Å². The standard InChI is InChI=1S/C15H18N2O/c1-10(16)14-7-8-15(17-11(14)2)12-5-4-6-13(9-12)18-3/h4-10H,16H2,1-3H3. The van der Waals surface area contributed by atoms with Crippen LogP contribution in [-0.2, 0) is 0 Å². The normalized spacial score (nSPS) is 12.2. The lowest BCUT2D eigenvalue weighted by Crippen LogP contribution is -2.08. The molecular weight excluding hydrogens is 224 g/mol. The van der Waals surface area contributed by atoms with E-state index in [4.69, 9.17) is 10.5 Å². The van der Waals surface area contributed by atoms with Crippen molar-refractivity contribution in [1.29, 1.82) is 0 Å². The summed E-state index contributed by atoms with van der Waals surface area (Å²) in [6.07, 6.45) is 0. The molecule has 3 heteroatoms. The summed E-state index contributed by atoms with van der Waals surface area (Å²) in [5.41, 5.74) is 9.94. The van der Waals surface area contributed by atoms with Gasteiger partial charge in [0.25, 0.3) is 0 Å². The Morgan fingerprint density at radius 3 is 2.61 bits per heavy atom. The van der Waals surface area contributed by atoms with Gasteiger partial charge in [0.1, 0.15) is 5.75 Å². The minimum Gasteiger partial charge on any atom is -0.497 e. The zero-order valence-corrected chi connectivity index (χ0v) is 11.0. The minimum atomic E-state index is 0.0110. The fourth-order valence-corrected chi connectivity index (χ4v) is 2.00. The van der Waals surface area contributed by atoms with Crippen LogP contribution < -0.4 is 10.5 Å². The fraction of sp³-hybridized carbons (Fsp3) is 0.267. The summed E-state index contributed by atoms with van der Waals surface area (Å²) in [5.74, 6) is 0.836. The molecule has 0 spiro atoms. The number of benzene rings is 1. The van der Waals surface area contributed by atoms with Crippen molar-refractivity contribution in [3.8, 4) is 17.0 Å². The van der Waals surface area contributed by atoms with Crippen LogP contribution >= 0.6 is 0 Å². The second-order valence-corrected chi connectivity index (χ2v) is 4.39. The van der Waals surface area contributed by atoms with E-state index in [0.29, 0.717) is 0 Å². The van der Waals surface area contributed by atoms with Crippen LogP contribution in [0.15, 0.2) is 36.4 Å². The maximum Gasteiger partial charge on any atom is 0.119 e. The summed E-state index contributed by atoms with van der Waals surface area (Å²) in [7, 11) is 1.66. The summed E-state index contributed by atoms with van der Waals surface area (Å²) in [5, 5.41) is 0. The molecule has 3 nitrogen and oxygen atoms in total. The van der Waals surface area contributed by atoms with Gasteiger partial charge >= 0.3 is 0 Å². The highest BCUT2D eigenvalue weighted by Crippen LogP contribution is 2.24. The smallest absolute Gasteiger partial charge is 0.119 e. The largest absolute Gasteiger partial charge is 0.497 e. The summed E-state index contributed by atoms with van der Waals surface area (Å²) >= 11 is 0. The molecule has 1 atom stereocenters. The highest BCUT2D eigenvalue weighted by atomic mass is 16.5. The van der Waals surface area contributed by atoms with Crippen LogP contribution in [0, 0.1) is 6.92 Å². The third-order valence-corrected chi connectivity index (χ3v) is 2.98. The van der Waals surface area contributed by atoms with E-state index in [9.17, 15) is 0 Å². The van der Waals surface area contributed by atoms with E-state index >= 15 is 0 Å². The molecule has 0 saturated carbocycles. The molecule has 0 aliphatic rings. The average Bonchev–Trinajstić information content (AvgIpc) is 2.38. The summed E-state index contributed by atoms with van der Waals surface area (Å²) in [6.45, 7) is 3.96. The predicted molar refractivity (Wildman–Crippen MR) is 73.6 cm³/mol. The average molecular weight is 242 g/mol. The lowest BCUT2D eigenvalue weighted by Gasteiger charge is -2.11. The molecule has 18 heavy (non-hydrogen) atoms. The quantitative estimate of drug-likeness (QED) is 0.899. The number of hydrogen-bond acceptors (Lipinski definition) is 3. The third kappa shape index (κ3) is 2.51. The molecule has 0 bridgehead atoms. The monoisotopic (exact) mass is 242 g/mol. The molecule has 0 aliphatic carbocycles. The van der Waals surface area contributed by atoms with Crippen molar-refractivity contribution in [3.05, 3.63) is 47.7 Å². The number of ether oxygens (including phenoxy) is 1. The van der Waals surface area contributed by atoms with Crippen LogP contribution in [0.4, 0.5) is 0 Å². The zero-order valence-electron chi connectivity index (χ0n) is 11.0. The molecule has 0 radical (unpaired) electrons. The van der Waals surface area contributed by atoms with E-state index in [1.165, 1.54) is 0 Å². The molecule has 2 rings (SSSR count). The Bertz CT molecular complexity index is 550. The number of aromatic nitrogens is 1. The highest BCUT2D eigenvalue weighted by Gasteiger charge is 2.07. The highest BCUT2D eigenvalue weighted by molar-refractivity contribution is 5.61. The third-order valence-electron chi connectivity index (χ3n) is 2.98. The molecule has 1 unspecified atom stereocenters. The van der Waals surface area contributed by atoms with Crippen LogP contribution in [-0.4, -0.2) is 12.1 Å². The Morgan fingerprint density at radius 1 is 1.22 bits per heavy atom. The number of nitrogens with two attached hydrogens (primary N) is 1. The van der Waals surface area contributed by atoms with Crippen LogP contribution in [0.1, 0.15) is 24.2 Å². The molecule has 1 heterocycles. The first-order chi connectivity index (χ1) is 8.61. The molecule has 94 valence electrons. The Labute approximate surface area is 108 Å². The fourth-order valence-electron chi connectivity index (χ4n) is 2.00. The SMILES string of the molecule is COc1cccc(-c2ccc(C(C)N)c(C)n2)c1. The lowest BCUT2D eigenvalue weighted by atomic mass is 10.0. The summed E-state index contributed by atoms with van der Waals surface area (Å²) in [4.78, 5) is 4.60. The number of methoxy groups -OCH3 is 1. The first-order valence-electron chi connectivity index (χ1n) is 5.99. The Balaban J connectivity index is 2.42. The van der Waals surface area contributed by atoms with Gasteiger partial charge in [-0.15, -0.1) is 0 Å². The van der Waals surface area contributed by atoms with Crippen LogP contribution in [0.25, 0.3) is 11.3 Å². The summed E-state index contributed by atoms with van der Waals surface area (Å²) < 4.78 is 5.22.